The summed E-state index contributed by atoms with van der Waals surface area (Å²) in [6.45, 7) is 5.37. The van der Waals surface area contributed by atoms with Crippen molar-refractivity contribution in [3.8, 4) is 0 Å². The summed E-state index contributed by atoms with van der Waals surface area (Å²) in [6.07, 6.45) is 3.89. The Bertz CT molecular complexity index is 372. The number of hydrogen-bond acceptors (Lipinski definition) is 3. The van der Waals surface area contributed by atoms with Gasteiger partial charge in [0.25, 0.3) is 0 Å². The van der Waals surface area contributed by atoms with Gasteiger partial charge in [-0.2, -0.15) is 11.3 Å². The van der Waals surface area contributed by atoms with Crippen LogP contribution >= 0.6 is 11.3 Å². The summed E-state index contributed by atoms with van der Waals surface area (Å²) >= 11 is 1.69. The Morgan fingerprint density at radius 1 is 1.58 bits per heavy atom. The first-order valence-electron chi connectivity index (χ1n) is 7.16. The van der Waals surface area contributed by atoms with E-state index in [1.54, 1.807) is 11.3 Å². The second-order valence-corrected chi connectivity index (χ2v) is 6.01. The van der Waals surface area contributed by atoms with Gasteiger partial charge in [-0.3, -0.25) is 4.79 Å². The van der Waals surface area contributed by atoms with Gasteiger partial charge in [-0.05, 0) is 41.1 Å². The molecule has 0 saturated carbocycles. The van der Waals surface area contributed by atoms with Crippen molar-refractivity contribution in [3.05, 3.63) is 22.4 Å². The third-order valence-electron chi connectivity index (χ3n) is 3.58. The van der Waals surface area contributed by atoms with Crippen LogP contribution in [-0.2, 0) is 16.1 Å². The first-order valence-corrected chi connectivity index (χ1v) is 8.10. The van der Waals surface area contributed by atoms with Crippen molar-refractivity contribution in [1.29, 1.82) is 0 Å². The third-order valence-corrected chi connectivity index (χ3v) is 4.31. The molecule has 1 fully saturated rings. The SMILES string of the molecule is CCCCN(Cc1ccsc1)C(=O)C[C@@H]1CCOC1. The van der Waals surface area contributed by atoms with Crippen LogP contribution in [0.5, 0.6) is 0 Å². The minimum Gasteiger partial charge on any atom is -0.381 e. The number of carbonyl (C=O) groups is 1. The lowest BCUT2D eigenvalue weighted by Gasteiger charge is -2.23. The molecule has 0 aromatic carbocycles. The van der Waals surface area contributed by atoms with Gasteiger partial charge in [-0.15, -0.1) is 0 Å². The van der Waals surface area contributed by atoms with Gasteiger partial charge in [0.15, 0.2) is 0 Å². The van der Waals surface area contributed by atoms with Crippen molar-refractivity contribution in [1.82, 2.24) is 4.90 Å². The highest BCUT2D eigenvalue weighted by molar-refractivity contribution is 7.07. The van der Waals surface area contributed by atoms with Crippen LogP contribution in [0.1, 0.15) is 38.2 Å². The van der Waals surface area contributed by atoms with Crippen LogP contribution in [0, 0.1) is 5.92 Å². The van der Waals surface area contributed by atoms with Gasteiger partial charge in [0.05, 0.1) is 0 Å². The molecule has 1 aliphatic rings. The second-order valence-electron chi connectivity index (χ2n) is 5.23. The lowest BCUT2D eigenvalue weighted by molar-refractivity contribution is -0.133. The van der Waals surface area contributed by atoms with Crippen molar-refractivity contribution in [3.63, 3.8) is 0 Å². The van der Waals surface area contributed by atoms with Gasteiger partial charge in [-0.1, -0.05) is 13.3 Å². The number of hydrogen-bond donors (Lipinski definition) is 0. The largest absolute Gasteiger partial charge is 0.381 e. The smallest absolute Gasteiger partial charge is 0.223 e. The zero-order valence-corrected chi connectivity index (χ0v) is 12.5. The highest BCUT2D eigenvalue weighted by atomic mass is 32.1. The van der Waals surface area contributed by atoms with Gasteiger partial charge >= 0.3 is 0 Å². The van der Waals surface area contributed by atoms with Gasteiger partial charge in [0.1, 0.15) is 0 Å². The molecule has 4 heteroatoms. The average Bonchev–Trinajstić information content (AvgIpc) is 3.07. The monoisotopic (exact) mass is 281 g/mol. The Labute approximate surface area is 119 Å². The predicted octanol–water partition coefficient (Wildman–Crippen LogP) is 3.30. The van der Waals surface area contributed by atoms with Crippen molar-refractivity contribution < 1.29 is 9.53 Å². The molecular weight excluding hydrogens is 258 g/mol. The molecule has 0 bridgehead atoms. The normalized spacial score (nSPS) is 18.7. The van der Waals surface area contributed by atoms with E-state index < -0.39 is 0 Å². The molecule has 0 unspecified atom stereocenters. The molecule has 1 saturated heterocycles. The zero-order chi connectivity index (χ0) is 13.5. The van der Waals surface area contributed by atoms with E-state index in [0.29, 0.717) is 12.3 Å². The summed E-state index contributed by atoms with van der Waals surface area (Å²) in [5.74, 6) is 0.717. The van der Waals surface area contributed by atoms with Crippen LogP contribution in [0.15, 0.2) is 16.8 Å². The van der Waals surface area contributed by atoms with Crippen LogP contribution in [0.3, 0.4) is 0 Å². The first kappa shape index (κ1) is 14.5. The first-order chi connectivity index (χ1) is 9.29. The van der Waals surface area contributed by atoms with Crippen LogP contribution in [-0.4, -0.2) is 30.6 Å². The van der Waals surface area contributed by atoms with E-state index in [2.05, 4.69) is 23.8 Å². The van der Waals surface area contributed by atoms with Crippen LogP contribution < -0.4 is 0 Å². The molecule has 0 radical (unpaired) electrons. The van der Waals surface area contributed by atoms with E-state index in [-0.39, 0.29) is 5.91 Å². The van der Waals surface area contributed by atoms with Gasteiger partial charge in [0.2, 0.25) is 5.91 Å². The summed E-state index contributed by atoms with van der Waals surface area (Å²) in [5, 5.41) is 4.20. The number of ether oxygens (including phenoxy) is 1. The standard InChI is InChI=1S/C15H23NO2S/c1-2-3-6-16(10-14-5-8-19-12-14)15(17)9-13-4-7-18-11-13/h5,8,12-13H,2-4,6-7,9-11H2,1H3/t13-/m0/s1. The molecule has 1 aromatic rings. The lowest BCUT2D eigenvalue weighted by Crippen LogP contribution is -2.32. The summed E-state index contributed by atoms with van der Waals surface area (Å²) in [6, 6.07) is 2.11. The van der Waals surface area contributed by atoms with Crippen LogP contribution in [0.25, 0.3) is 0 Å². The maximum absolute atomic E-state index is 12.4. The average molecular weight is 281 g/mol. The fourth-order valence-electron chi connectivity index (χ4n) is 2.36. The molecule has 1 amide bonds. The van der Waals surface area contributed by atoms with E-state index in [4.69, 9.17) is 4.74 Å². The molecule has 0 aliphatic carbocycles. The maximum Gasteiger partial charge on any atom is 0.223 e. The fraction of sp³-hybridized carbons (Fsp3) is 0.667. The molecule has 1 atom stereocenters. The summed E-state index contributed by atoms with van der Waals surface area (Å²) < 4.78 is 5.36. The van der Waals surface area contributed by atoms with E-state index in [1.165, 1.54) is 5.56 Å². The highest BCUT2D eigenvalue weighted by Crippen LogP contribution is 2.19. The molecule has 106 valence electrons. The quantitative estimate of drug-likeness (QED) is 0.767. The minimum absolute atomic E-state index is 0.287. The minimum atomic E-state index is 0.287. The van der Waals surface area contributed by atoms with E-state index in [9.17, 15) is 4.79 Å². The molecule has 2 rings (SSSR count). The number of rotatable bonds is 7. The predicted molar refractivity (Wildman–Crippen MR) is 78.2 cm³/mol. The molecule has 0 N–H and O–H groups in total. The summed E-state index contributed by atoms with van der Waals surface area (Å²) in [5.41, 5.74) is 1.25. The Hall–Kier alpha value is -0.870. The molecule has 1 aromatic heterocycles. The molecule has 19 heavy (non-hydrogen) atoms. The highest BCUT2D eigenvalue weighted by Gasteiger charge is 2.22. The molecular formula is C15H23NO2S. The Balaban J connectivity index is 1.89. The Morgan fingerprint density at radius 2 is 2.47 bits per heavy atom. The van der Waals surface area contributed by atoms with Crippen LogP contribution in [0.2, 0.25) is 0 Å². The topological polar surface area (TPSA) is 29.5 Å². The van der Waals surface area contributed by atoms with Gasteiger partial charge < -0.3 is 9.64 Å². The van der Waals surface area contributed by atoms with Gasteiger partial charge in [0, 0.05) is 32.7 Å². The molecule has 3 nitrogen and oxygen atoms in total. The Kier molecular flexibility index (Phi) is 5.86. The van der Waals surface area contributed by atoms with E-state index in [0.717, 1.165) is 45.6 Å². The summed E-state index contributed by atoms with van der Waals surface area (Å²) in [4.78, 5) is 14.4. The fourth-order valence-corrected chi connectivity index (χ4v) is 3.02. The number of amides is 1. The molecule has 2 heterocycles. The van der Waals surface area contributed by atoms with Crippen molar-refractivity contribution in [2.24, 2.45) is 5.92 Å². The Morgan fingerprint density at radius 3 is 3.11 bits per heavy atom. The van der Waals surface area contributed by atoms with E-state index >= 15 is 0 Å². The zero-order valence-electron chi connectivity index (χ0n) is 11.6. The number of nitrogens with zero attached hydrogens (tertiary/aromatic N) is 1. The van der Waals surface area contributed by atoms with Crippen molar-refractivity contribution in [2.75, 3.05) is 19.8 Å². The lowest BCUT2D eigenvalue weighted by atomic mass is 10.0. The number of carbonyl (C=O) groups excluding carboxylic acids is 1. The third kappa shape index (κ3) is 4.62. The van der Waals surface area contributed by atoms with Gasteiger partial charge in [-0.25, -0.2) is 0 Å². The number of unbranched alkanes of at least 4 members (excludes halogenated alkanes) is 1. The van der Waals surface area contributed by atoms with Crippen LogP contribution in [0.4, 0.5) is 0 Å². The van der Waals surface area contributed by atoms with Crippen molar-refractivity contribution >= 4 is 17.2 Å². The number of thiophene rings is 1. The molecule has 1 aliphatic heterocycles. The molecule has 0 spiro atoms. The second kappa shape index (κ2) is 7.65. The van der Waals surface area contributed by atoms with E-state index in [1.807, 2.05) is 4.90 Å². The van der Waals surface area contributed by atoms with Crippen molar-refractivity contribution in [2.45, 2.75) is 39.2 Å². The summed E-state index contributed by atoms with van der Waals surface area (Å²) in [7, 11) is 0. The maximum atomic E-state index is 12.4.